The molecule has 3 N–H and O–H groups in total. The molecular weight excluding hydrogens is 232 g/mol. The molecule has 4 heteroatoms. The van der Waals surface area contributed by atoms with Crippen LogP contribution in [0.25, 0.3) is 0 Å². The zero-order valence-electron chi connectivity index (χ0n) is 9.50. The van der Waals surface area contributed by atoms with Crippen LogP contribution in [0.3, 0.4) is 0 Å². The van der Waals surface area contributed by atoms with Crippen molar-refractivity contribution in [1.82, 2.24) is 0 Å². The third-order valence-electron chi connectivity index (χ3n) is 2.66. The van der Waals surface area contributed by atoms with Gasteiger partial charge in [-0.25, -0.2) is 0 Å². The van der Waals surface area contributed by atoms with Crippen LogP contribution in [-0.4, -0.2) is 21.1 Å². The summed E-state index contributed by atoms with van der Waals surface area (Å²) in [5.74, 6) is -1.11. The van der Waals surface area contributed by atoms with Crippen LogP contribution in [0.5, 0.6) is 17.2 Å². The van der Waals surface area contributed by atoms with E-state index in [1.807, 2.05) is 0 Å². The molecular formula is C14H12O4. The third-order valence-corrected chi connectivity index (χ3v) is 2.66. The molecule has 2 rings (SSSR count). The van der Waals surface area contributed by atoms with Gasteiger partial charge in [0.1, 0.15) is 5.75 Å². The number of para-hydroxylation sites is 2. The van der Waals surface area contributed by atoms with Gasteiger partial charge in [0.2, 0.25) is 0 Å². The highest BCUT2D eigenvalue weighted by Crippen LogP contribution is 2.29. The SMILES string of the molecule is O=C(Cc1ccccc1O)c1cccc(O)c1O. The Bertz CT molecular complexity index is 590. The Kier molecular flexibility index (Phi) is 3.19. The van der Waals surface area contributed by atoms with Gasteiger partial charge in [0, 0.05) is 12.0 Å². The Morgan fingerprint density at radius 1 is 0.889 bits per heavy atom. The first-order valence-electron chi connectivity index (χ1n) is 5.40. The Morgan fingerprint density at radius 3 is 2.28 bits per heavy atom. The van der Waals surface area contributed by atoms with Crippen LogP contribution in [0, 0.1) is 0 Å². The lowest BCUT2D eigenvalue weighted by Crippen LogP contribution is -2.04. The number of ketones is 1. The molecule has 2 aromatic rings. The number of aromatic hydroxyl groups is 3. The Morgan fingerprint density at radius 2 is 1.56 bits per heavy atom. The number of hydrogen-bond acceptors (Lipinski definition) is 4. The monoisotopic (exact) mass is 244 g/mol. The highest BCUT2D eigenvalue weighted by molar-refractivity contribution is 6.00. The fourth-order valence-electron chi connectivity index (χ4n) is 1.68. The summed E-state index contributed by atoms with van der Waals surface area (Å²) in [5, 5.41) is 28.5. The summed E-state index contributed by atoms with van der Waals surface area (Å²) in [5.41, 5.74) is 0.517. The molecule has 0 aliphatic heterocycles. The van der Waals surface area contributed by atoms with Crippen molar-refractivity contribution >= 4 is 5.78 Å². The molecule has 0 atom stereocenters. The van der Waals surface area contributed by atoms with Crippen molar-refractivity contribution in [2.24, 2.45) is 0 Å². The van der Waals surface area contributed by atoms with Gasteiger partial charge in [-0.3, -0.25) is 4.79 Å². The van der Waals surface area contributed by atoms with E-state index < -0.39 is 5.75 Å². The van der Waals surface area contributed by atoms with E-state index in [4.69, 9.17) is 0 Å². The minimum absolute atomic E-state index is 0.0329. The predicted molar refractivity (Wildman–Crippen MR) is 65.9 cm³/mol. The van der Waals surface area contributed by atoms with Crippen LogP contribution in [0.4, 0.5) is 0 Å². The molecule has 0 aliphatic carbocycles. The first-order valence-corrected chi connectivity index (χ1v) is 5.40. The van der Waals surface area contributed by atoms with Crippen LogP contribution in [0.15, 0.2) is 42.5 Å². The first-order chi connectivity index (χ1) is 8.59. The maximum atomic E-state index is 12.0. The van der Waals surface area contributed by atoms with Gasteiger partial charge in [-0.05, 0) is 18.2 Å². The van der Waals surface area contributed by atoms with Crippen LogP contribution in [0.2, 0.25) is 0 Å². The molecule has 0 aromatic heterocycles. The number of rotatable bonds is 3. The number of carbonyl (C=O) groups excluding carboxylic acids is 1. The predicted octanol–water partition coefficient (Wildman–Crippen LogP) is 2.23. The number of phenolic OH excluding ortho intramolecular Hbond substituents is 3. The number of benzene rings is 2. The quantitative estimate of drug-likeness (QED) is 0.571. The van der Waals surface area contributed by atoms with E-state index in [1.165, 1.54) is 24.3 Å². The van der Waals surface area contributed by atoms with E-state index >= 15 is 0 Å². The second-order valence-electron chi connectivity index (χ2n) is 3.90. The zero-order chi connectivity index (χ0) is 13.1. The summed E-state index contributed by atoms with van der Waals surface area (Å²) in [7, 11) is 0. The largest absolute Gasteiger partial charge is 0.508 e. The minimum atomic E-state index is -0.432. The lowest BCUT2D eigenvalue weighted by Gasteiger charge is -2.06. The van der Waals surface area contributed by atoms with Crippen LogP contribution in [0.1, 0.15) is 15.9 Å². The van der Waals surface area contributed by atoms with Crippen molar-refractivity contribution in [3.63, 3.8) is 0 Å². The molecule has 0 bridgehead atoms. The Balaban J connectivity index is 2.28. The molecule has 4 nitrogen and oxygen atoms in total. The van der Waals surface area contributed by atoms with Crippen LogP contribution in [-0.2, 0) is 6.42 Å². The van der Waals surface area contributed by atoms with Gasteiger partial charge in [-0.15, -0.1) is 0 Å². The maximum absolute atomic E-state index is 12.0. The number of hydrogen-bond donors (Lipinski definition) is 3. The molecule has 0 radical (unpaired) electrons. The van der Waals surface area contributed by atoms with E-state index in [9.17, 15) is 20.1 Å². The van der Waals surface area contributed by atoms with Gasteiger partial charge in [-0.2, -0.15) is 0 Å². The summed E-state index contributed by atoms with van der Waals surface area (Å²) in [6.07, 6.45) is -0.0380. The average molecular weight is 244 g/mol. The minimum Gasteiger partial charge on any atom is -0.508 e. The fraction of sp³-hybridized carbons (Fsp3) is 0.0714. The van der Waals surface area contributed by atoms with E-state index in [-0.39, 0.29) is 29.3 Å². The van der Waals surface area contributed by atoms with Gasteiger partial charge in [0.15, 0.2) is 17.3 Å². The van der Waals surface area contributed by atoms with E-state index in [2.05, 4.69) is 0 Å². The summed E-state index contributed by atoms with van der Waals surface area (Å²) in [4.78, 5) is 12.0. The second kappa shape index (κ2) is 4.79. The molecule has 0 spiro atoms. The average Bonchev–Trinajstić information content (AvgIpc) is 2.35. The summed E-state index contributed by atoms with van der Waals surface area (Å²) in [6, 6.07) is 10.7. The molecule has 2 aromatic carbocycles. The van der Waals surface area contributed by atoms with Crippen LogP contribution >= 0.6 is 0 Å². The summed E-state index contributed by atoms with van der Waals surface area (Å²) in [6.45, 7) is 0. The molecule has 0 saturated carbocycles. The maximum Gasteiger partial charge on any atom is 0.171 e. The number of phenols is 3. The zero-order valence-corrected chi connectivity index (χ0v) is 9.50. The normalized spacial score (nSPS) is 10.2. The second-order valence-corrected chi connectivity index (χ2v) is 3.90. The van der Waals surface area contributed by atoms with Crippen molar-refractivity contribution in [3.8, 4) is 17.2 Å². The molecule has 0 fully saturated rings. The summed E-state index contributed by atoms with van der Waals surface area (Å²) < 4.78 is 0. The lowest BCUT2D eigenvalue weighted by atomic mass is 10.0. The highest BCUT2D eigenvalue weighted by Gasteiger charge is 2.15. The van der Waals surface area contributed by atoms with Gasteiger partial charge in [0.05, 0.1) is 5.56 Å². The Labute approximate surface area is 104 Å². The van der Waals surface area contributed by atoms with E-state index in [0.717, 1.165) is 0 Å². The van der Waals surface area contributed by atoms with E-state index in [0.29, 0.717) is 5.56 Å². The molecule has 0 amide bonds. The van der Waals surface area contributed by atoms with Crippen molar-refractivity contribution in [1.29, 1.82) is 0 Å². The molecule has 18 heavy (non-hydrogen) atoms. The smallest absolute Gasteiger partial charge is 0.171 e. The van der Waals surface area contributed by atoms with E-state index in [1.54, 1.807) is 18.2 Å². The van der Waals surface area contributed by atoms with Gasteiger partial charge in [0.25, 0.3) is 0 Å². The standard InChI is InChI=1S/C14H12O4/c15-11-6-2-1-4-9(11)8-13(17)10-5-3-7-12(16)14(10)18/h1-7,15-16,18H,8H2. The molecule has 0 unspecified atom stereocenters. The Hall–Kier alpha value is -2.49. The molecule has 92 valence electrons. The van der Waals surface area contributed by atoms with Gasteiger partial charge < -0.3 is 15.3 Å². The van der Waals surface area contributed by atoms with Crippen LogP contribution < -0.4 is 0 Å². The highest BCUT2D eigenvalue weighted by atomic mass is 16.3. The van der Waals surface area contributed by atoms with Gasteiger partial charge in [-0.1, -0.05) is 24.3 Å². The lowest BCUT2D eigenvalue weighted by molar-refractivity contribution is 0.0989. The van der Waals surface area contributed by atoms with Gasteiger partial charge >= 0.3 is 0 Å². The molecule has 0 aliphatic rings. The summed E-state index contributed by atoms with van der Waals surface area (Å²) >= 11 is 0. The van der Waals surface area contributed by atoms with Crippen molar-refractivity contribution in [2.45, 2.75) is 6.42 Å². The third kappa shape index (κ3) is 2.27. The molecule has 0 heterocycles. The number of Topliss-reactive ketones (excluding diaryl/α,β-unsaturated/α-hetero) is 1. The first kappa shape index (κ1) is 12.0. The number of carbonyl (C=O) groups is 1. The van der Waals surface area contributed by atoms with Crippen molar-refractivity contribution in [2.75, 3.05) is 0 Å². The molecule has 0 saturated heterocycles. The van der Waals surface area contributed by atoms with Crippen molar-refractivity contribution < 1.29 is 20.1 Å². The van der Waals surface area contributed by atoms with Crippen molar-refractivity contribution in [3.05, 3.63) is 53.6 Å². The topological polar surface area (TPSA) is 77.8 Å². The fourth-order valence-corrected chi connectivity index (χ4v) is 1.68.